The van der Waals surface area contributed by atoms with E-state index in [0.29, 0.717) is 6.04 Å². The highest BCUT2D eigenvalue weighted by Crippen LogP contribution is 2.18. The first-order valence-electron chi connectivity index (χ1n) is 7.01. The van der Waals surface area contributed by atoms with Crippen LogP contribution in [0.3, 0.4) is 0 Å². The number of nitrogens with one attached hydrogen (secondary N) is 1. The lowest BCUT2D eigenvalue weighted by Gasteiger charge is -2.42. The predicted molar refractivity (Wildman–Crippen MR) is 68.4 cm³/mol. The van der Waals surface area contributed by atoms with E-state index in [-0.39, 0.29) is 11.9 Å². The third-order valence-corrected chi connectivity index (χ3v) is 3.62. The van der Waals surface area contributed by atoms with Gasteiger partial charge in [0.15, 0.2) is 0 Å². The predicted octanol–water partition coefficient (Wildman–Crippen LogP) is 1.38. The molecule has 0 spiro atoms. The molecule has 2 aliphatic rings. The molecule has 2 saturated heterocycles. The number of hydrazine groups is 1. The molecule has 0 aromatic heterocycles. The Hall–Kier alpha value is -0.610. The molecule has 2 rings (SSSR count). The zero-order chi connectivity index (χ0) is 12.3. The minimum Gasteiger partial charge on any atom is -0.304 e. The Balaban J connectivity index is 1.95. The number of carbonyl (C=O) groups is 1. The lowest BCUT2D eigenvalue weighted by Crippen LogP contribution is -2.58. The SMILES string of the molecule is CC(C)NC1CCCN(N2CCCCC2)C1=O. The molecule has 17 heavy (non-hydrogen) atoms. The van der Waals surface area contributed by atoms with Crippen molar-refractivity contribution in [2.24, 2.45) is 0 Å². The molecule has 0 aromatic rings. The molecule has 0 aliphatic carbocycles. The van der Waals surface area contributed by atoms with Gasteiger partial charge in [-0.05, 0) is 25.7 Å². The molecule has 1 N–H and O–H groups in total. The molecule has 1 amide bonds. The molecular weight excluding hydrogens is 214 g/mol. The molecule has 0 saturated carbocycles. The average molecular weight is 239 g/mol. The molecule has 2 heterocycles. The minimum absolute atomic E-state index is 0.0330. The van der Waals surface area contributed by atoms with Crippen molar-refractivity contribution >= 4 is 5.91 Å². The first-order valence-corrected chi connectivity index (χ1v) is 7.01. The second kappa shape index (κ2) is 5.83. The fourth-order valence-corrected chi connectivity index (χ4v) is 2.82. The average Bonchev–Trinajstić information content (AvgIpc) is 2.32. The third kappa shape index (κ3) is 3.19. The van der Waals surface area contributed by atoms with Gasteiger partial charge in [0.2, 0.25) is 0 Å². The summed E-state index contributed by atoms with van der Waals surface area (Å²) >= 11 is 0. The summed E-state index contributed by atoms with van der Waals surface area (Å²) in [5, 5.41) is 7.65. The third-order valence-electron chi connectivity index (χ3n) is 3.62. The standard InChI is InChI=1S/C13H25N3O/c1-11(2)14-12-7-6-10-16(13(12)17)15-8-4-3-5-9-15/h11-12,14H,3-10H2,1-2H3. The van der Waals surface area contributed by atoms with E-state index in [9.17, 15) is 4.79 Å². The normalized spacial score (nSPS) is 27.8. The van der Waals surface area contributed by atoms with E-state index in [1.54, 1.807) is 0 Å². The number of piperidine rings is 2. The van der Waals surface area contributed by atoms with E-state index < -0.39 is 0 Å². The largest absolute Gasteiger partial charge is 0.304 e. The topological polar surface area (TPSA) is 35.6 Å². The molecule has 1 unspecified atom stereocenters. The van der Waals surface area contributed by atoms with Gasteiger partial charge < -0.3 is 5.32 Å². The van der Waals surface area contributed by atoms with Crippen LogP contribution in [0.15, 0.2) is 0 Å². The van der Waals surface area contributed by atoms with Crippen molar-refractivity contribution in [1.29, 1.82) is 0 Å². The van der Waals surface area contributed by atoms with Crippen LogP contribution < -0.4 is 5.32 Å². The highest BCUT2D eigenvalue weighted by molar-refractivity contribution is 5.82. The van der Waals surface area contributed by atoms with Crippen molar-refractivity contribution in [3.05, 3.63) is 0 Å². The van der Waals surface area contributed by atoms with Crippen molar-refractivity contribution in [3.63, 3.8) is 0 Å². The van der Waals surface area contributed by atoms with Crippen molar-refractivity contribution in [2.45, 2.75) is 58.0 Å². The molecule has 0 aromatic carbocycles. The van der Waals surface area contributed by atoms with Gasteiger partial charge in [0, 0.05) is 25.7 Å². The Bertz CT molecular complexity index is 261. The monoisotopic (exact) mass is 239 g/mol. The number of carbonyl (C=O) groups excluding carboxylic acids is 1. The summed E-state index contributed by atoms with van der Waals surface area (Å²) in [5.74, 6) is 0.284. The van der Waals surface area contributed by atoms with Crippen molar-refractivity contribution < 1.29 is 4.79 Å². The van der Waals surface area contributed by atoms with Gasteiger partial charge in [0.05, 0.1) is 6.04 Å². The van der Waals surface area contributed by atoms with Crippen molar-refractivity contribution in [1.82, 2.24) is 15.3 Å². The van der Waals surface area contributed by atoms with Crippen LogP contribution in [0.25, 0.3) is 0 Å². The summed E-state index contributed by atoms with van der Waals surface area (Å²) in [6.07, 6.45) is 5.87. The number of amides is 1. The number of hydrogen-bond acceptors (Lipinski definition) is 3. The van der Waals surface area contributed by atoms with E-state index >= 15 is 0 Å². The van der Waals surface area contributed by atoms with Crippen LogP contribution >= 0.6 is 0 Å². The second-order valence-electron chi connectivity index (χ2n) is 5.49. The van der Waals surface area contributed by atoms with Crippen LogP contribution in [0.5, 0.6) is 0 Å². The Labute approximate surface area is 104 Å². The van der Waals surface area contributed by atoms with Crippen molar-refractivity contribution in [3.8, 4) is 0 Å². The maximum absolute atomic E-state index is 12.4. The maximum Gasteiger partial charge on any atom is 0.253 e. The second-order valence-corrected chi connectivity index (χ2v) is 5.49. The fraction of sp³-hybridized carbons (Fsp3) is 0.923. The summed E-state index contributed by atoms with van der Waals surface area (Å²) in [6.45, 7) is 7.23. The maximum atomic E-state index is 12.4. The molecule has 4 heteroatoms. The number of hydrogen-bond donors (Lipinski definition) is 1. The summed E-state index contributed by atoms with van der Waals surface area (Å²) in [6, 6.07) is 0.413. The number of rotatable bonds is 3. The Morgan fingerprint density at radius 1 is 1.12 bits per heavy atom. The van der Waals surface area contributed by atoms with Crippen LogP contribution in [0, 0.1) is 0 Å². The number of nitrogens with zero attached hydrogens (tertiary/aromatic N) is 2. The molecule has 2 aliphatic heterocycles. The van der Waals surface area contributed by atoms with E-state index in [1.807, 2.05) is 5.01 Å². The zero-order valence-electron chi connectivity index (χ0n) is 11.1. The molecule has 0 radical (unpaired) electrons. The van der Waals surface area contributed by atoms with E-state index in [0.717, 1.165) is 32.5 Å². The van der Waals surface area contributed by atoms with Gasteiger partial charge in [0.25, 0.3) is 5.91 Å². The Morgan fingerprint density at radius 2 is 1.82 bits per heavy atom. The van der Waals surface area contributed by atoms with Gasteiger partial charge in [0.1, 0.15) is 0 Å². The molecule has 4 nitrogen and oxygen atoms in total. The minimum atomic E-state index is 0.0330. The lowest BCUT2D eigenvalue weighted by molar-refractivity contribution is -0.157. The van der Waals surface area contributed by atoms with E-state index in [4.69, 9.17) is 0 Å². The first kappa shape index (κ1) is 12.8. The summed E-state index contributed by atoms with van der Waals surface area (Å²) in [7, 11) is 0. The van der Waals surface area contributed by atoms with Crippen molar-refractivity contribution in [2.75, 3.05) is 19.6 Å². The Kier molecular flexibility index (Phi) is 4.40. The summed E-state index contributed by atoms with van der Waals surface area (Å²) in [4.78, 5) is 12.4. The van der Waals surface area contributed by atoms with Gasteiger partial charge in [-0.1, -0.05) is 20.3 Å². The summed E-state index contributed by atoms with van der Waals surface area (Å²) in [5.41, 5.74) is 0. The molecule has 0 bridgehead atoms. The quantitative estimate of drug-likeness (QED) is 0.808. The van der Waals surface area contributed by atoms with Crippen LogP contribution in [-0.4, -0.2) is 47.6 Å². The van der Waals surface area contributed by atoms with Crippen LogP contribution in [0.1, 0.15) is 46.0 Å². The van der Waals surface area contributed by atoms with Gasteiger partial charge in [-0.15, -0.1) is 0 Å². The van der Waals surface area contributed by atoms with E-state index in [1.165, 1.54) is 19.3 Å². The molecule has 98 valence electrons. The highest BCUT2D eigenvalue weighted by Gasteiger charge is 2.32. The first-order chi connectivity index (χ1) is 8.18. The van der Waals surface area contributed by atoms with Crippen LogP contribution in [0.2, 0.25) is 0 Å². The van der Waals surface area contributed by atoms with Gasteiger partial charge in [-0.25, -0.2) is 5.01 Å². The van der Waals surface area contributed by atoms with Gasteiger partial charge in [-0.3, -0.25) is 9.80 Å². The molecular formula is C13H25N3O. The smallest absolute Gasteiger partial charge is 0.253 e. The Morgan fingerprint density at radius 3 is 2.47 bits per heavy atom. The molecule has 1 atom stereocenters. The molecule has 2 fully saturated rings. The van der Waals surface area contributed by atoms with Crippen LogP contribution in [-0.2, 0) is 4.79 Å². The lowest BCUT2D eigenvalue weighted by atomic mass is 10.0. The van der Waals surface area contributed by atoms with Gasteiger partial charge >= 0.3 is 0 Å². The zero-order valence-corrected chi connectivity index (χ0v) is 11.1. The van der Waals surface area contributed by atoms with E-state index in [2.05, 4.69) is 24.2 Å². The fourth-order valence-electron chi connectivity index (χ4n) is 2.82. The van der Waals surface area contributed by atoms with Crippen LogP contribution in [0.4, 0.5) is 0 Å². The highest BCUT2D eigenvalue weighted by atomic mass is 16.2. The summed E-state index contributed by atoms with van der Waals surface area (Å²) < 4.78 is 0. The van der Waals surface area contributed by atoms with Gasteiger partial charge in [-0.2, -0.15) is 0 Å².